The molecule has 0 aliphatic carbocycles. The molecule has 0 spiro atoms. The summed E-state index contributed by atoms with van der Waals surface area (Å²) in [5.41, 5.74) is 0.440. The van der Waals surface area contributed by atoms with Crippen LogP contribution >= 0.6 is 0 Å². The van der Waals surface area contributed by atoms with Gasteiger partial charge in [0, 0.05) is 5.69 Å². The van der Waals surface area contributed by atoms with Crippen molar-refractivity contribution in [1.29, 1.82) is 5.26 Å². The summed E-state index contributed by atoms with van der Waals surface area (Å²) in [5.74, 6) is -0.0256. The summed E-state index contributed by atoms with van der Waals surface area (Å²) in [5, 5.41) is 11.8. The summed E-state index contributed by atoms with van der Waals surface area (Å²) in [6, 6.07) is 8.67. The number of nitrogens with zero attached hydrogens (tertiary/aromatic N) is 1. The van der Waals surface area contributed by atoms with E-state index in [0.29, 0.717) is 11.4 Å². The molecule has 0 fully saturated rings. The van der Waals surface area contributed by atoms with Gasteiger partial charge in [0.25, 0.3) is 0 Å². The van der Waals surface area contributed by atoms with Crippen molar-refractivity contribution >= 4 is 24.3 Å². The SMILES string of the molecule is CCOC(=O)/C(C#N)=C(/[S-])Nc1ccc(OC)cc1.[Na+]. The van der Waals surface area contributed by atoms with Crippen molar-refractivity contribution in [1.82, 2.24) is 0 Å². The molecular formula is C13H13N2NaO3S. The number of methoxy groups -OCH3 is 1. The maximum Gasteiger partial charge on any atom is 1.00 e. The zero-order valence-electron chi connectivity index (χ0n) is 11.6. The van der Waals surface area contributed by atoms with Crippen LogP contribution in [0.5, 0.6) is 5.75 Å². The van der Waals surface area contributed by atoms with E-state index in [2.05, 4.69) is 5.32 Å². The number of anilines is 1. The Kier molecular flexibility index (Phi) is 9.01. The van der Waals surface area contributed by atoms with Gasteiger partial charge in [-0.2, -0.15) is 5.26 Å². The fourth-order valence-electron chi connectivity index (χ4n) is 1.26. The Morgan fingerprint density at radius 2 is 2.00 bits per heavy atom. The quantitative estimate of drug-likeness (QED) is 0.246. The predicted octanol–water partition coefficient (Wildman–Crippen LogP) is -1.04. The van der Waals surface area contributed by atoms with Gasteiger partial charge in [0.1, 0.15) is 17.4 Å². The molecule has 1 aromatic rings. The molecule has 0 atom stereocenters. The van der Waals surface area contributed by atoms with Crippen molar-refractivity contribution in [2.75, 3.05) is 19.0 Å². The second kappa shape index (κ2) is 9.61. The van der Waals surface area contributed by atoms with E-state index in [1.54, 1.807) is 44.4 Å². The van der Waals surface area contributed by atoms with Crippen LogP contribution in [0.3, 0.4) is 0 Å². The molecule has 20 heavy (non-hydrogen) atoms. The Labute approximate surface area is 145 Å². The zero-order valence-corrected chi connectivity index (χ0v) is 14.4. The molecule has 0 aliphatic heterocycles. The molecule has 1 rings (SSSR count). The van der Waals surface area contributed by atoms with Crippen LogP contribution in [-0.4, -0.2) is 19.7 Å². The number of nitrogens with one attached hydrogen (secondary N) is 1. The standard InChI is InChI=1S/C13H14N2O3S.Na/c1-3-18-13(16)11(8-14)12(19)15-9-4-6-10(17-2)7-5-9;/h4-7,15,19H,3H2,1-2H3;/q;+1/p-1/b12-11+;. The summed E-state index contributed by atoms with van der Waals surface area (Å²) >= 11 is 5.01. The Hall–Kier alpha value is -1.26. The summed E-state index contributed by atoms with van der Waals surface area (Å²) in [6.45, 7) is 1.85. The maximum absolute atomic E-state index is 11.5. The van der Waals surface area contributed by atoms with Gasteiger partial charge in [0.2, 0.25) is 0 Å². The van der Waals surface area contributed by atoms with E-state index < -0.39 is 5.97 Å². The summed E-state index contributed by atoms with van der Waals surface area (Å²) < 4.78 is 9.76. The minimum absolute atomic E-state index is 0. The molecule has 0 aromatic heterocycles. The number of hydrogen-bond donors (Lipinski definition) is 1. The number of hydrogen-bond acceptors (Lipinski definition) is 6. The van der Waals surface area contributed by atoms with Gasteiger partial charge in [-0.1, -0.05) is 5.03 Å². The van der Waals surface area contributed by atoms with E-state index >= 15 is 0 Å². The number of carbonyl (C=O) groups is 1. The van der Waals surface area contributed by atoms with Crippen molar-refractivity contribution < 1.29 is 43.8 Å². The van der Waals surface area contributed by atoms with Gasteiger partial charge in [-0.15, -0.1) is 0 Å². The van der Waals surface area contributed by atoms with E-state index in [9.17, 15) is 4.79 Å². The molecule has 5 nitrogen and oxygen atoms in total. The minimum Gasteiger partial charge on any atom is -0.761 e. The first-order valence-corrected chi connectivity index (χ1v) is 5.92. The van der Waals surface area contributed by atoms with Crippen LogP contribution in [-0.2, 0) is 22.2 Å². The molecule has 0 bridgehead atoms. The van der Waals surface area contributed by atoms with Crippen molar-refractivity contribution in [3.8, 4) is 11.8 Å². The van der Waals surface area contributed by atoms with Gasteiger partial charge in [0.05, 0.1) is 13.7 Å². The first kappa shape index (κ1) is 18.7. The monoisotopic (exact) mass is 300 g/mol. The number of benzene rings is 1. The first-order chi connectivity index (χ1) is 9.12. The van der Waals surface area contributed by atoms with E-state index in [0.717, 1.165) is 0 Å². The molecule has 100 valence electrons. The predicted molar refractivity (Wildman–Crippen MR) is 73.3 cm³/mol. The average molecular weight is 300 g/mol. The molecule has 0 heterocycles. The number of ether oxygens (including phenoxy) is 2. The van der Waals surface area contributed by atoms with Crippen LogP contribution < -0.4 is 39.6 Å². The van der Waals surface area contributed by atoms with Crippen molar-refractivity contribution in [3.05, 3.63) is 34.9 Å². The Balaban J connectivity index is 0.00000361. The normalized spacial score (nSPS) is 10.4. The van der Waals surface area contributed by atoms with Crippen LogP contribution in [0.15, 0.2) is 34.9 Å². The van der Waals surface area contributed by atoms with Gasteiger partial charge >= 0.3 is 35.5 Å². The molecule has 1 aromatic carbocycles. The molecule has 1 N–H and O–H groups in total. The summed E-state index contributed by atoms with van der Waals surface area (Å²) in [4.78, 5) is 11.5. The maximum atomic E-state index is 11.5. The van der Waals surface area contributed by atoms with Crippen LogP contribution in [0.25, 0.3) is 0 Å². The van der Waals surface area contributed by atoms with E-state index in [1.165, 1.54) is 0 Å². The van der Waals surface area contributed by atoms with Crippen LogP contribution in [0, 0.1) is 11.3 Å². The summed E-state index contributed by atoms with van der Waals surface area (Å²) in [7, 11) is 1.56. The second-order valence-corrected chi connectivity index (χ2v) is 3.80. The Bertz CT molecular complexity index is 523. The smallest absolute Gasteiger partial charge is 0.761 e. The number of nitriles is 1. The van der Waals surface area contributed by atoms with Gasteiger partial charge in [-0.05, 0) is 31.2 Å². The fraction of sp³-hybridized carbons (Fsp3) is 0.231. The number of rotatable bonds is 5. The second-order valence-electron chi connectivity index (χ2n) is 3.39. The molecule has 0 saturated carbocycles. The van der Waals surface area contributed by atoms with Gasteiger partial charge in [0.15, 0.2) is 0 Å². The average Bonchev–Trinajstić information content (AvgIpc) is 2.40. The fourth-order valence-corrected chi connectivity index (χ4v) is 1.51. The minimum atomic E-state index is -0.726. The molecular weight excluding hydrogens is 287 g/mol. The molecule has 0 amide bonds. The van der Waals surface area contributed by atoms with Crippen molar-refractivity contribution in [2.24, 2.45) is 0 Å². The Morgan fingerprint density at radius 1 is 1.40 bits per heavy atom. The summed E-state index contributed by atoms with van der Waals surface area (Å²) in [6.07, 6.45) is 0. The van der Waals surface area contributed by atoms with Gasteiger partial charge in [-0.3, -0.25) is 0 Å². The third-order valence-corrected chi connectivity index (χ3v) is 2.47. The van der Waals surface area contributed by atoms with Crippen molar-refractivity contribution in [2.45, 2.75) is 6.92 Å². The first-order valence-electron chi connectivity index (χ1n) is 5.52. The molecule has 0 unspecified atom stereocenters. The van der Waals surface area contributed by atoms with Crippen LogP contribution in [0.2, 0.25) is 0 Å². The van der Waals surface area contributed by atoms with E-state index in [1.807, 2.05) is 0 Å². The van der Waals surface area contributed by atoms with Gasteiger partial charge in [-0.25, -0.2) is 4.79 Å². The van der Waals surface area contributed by atoms with E-state index in [4.69, 9.17) is 27.4 Å². The topological polar surface area (TPSA) is 71.4 Å². The van der Waals surface area contributed by atoms with E-state index in [-0.39, 0.29) is 46.8 Å². The third-order valence-electron chi connectivity index (χ3n) is 2.17. The van der Waals surface area contributed by atoms with Crippen molar-refractivity contribution in [3.63, 3.8) is 0 Å². The molecule has 0 aliphatic rings. The molecule has 7 heteroatoms. The molecule has 0 radical (unpaired) electrons. The molecule has 0 saturated heterocycles. The van der Waals surface area contributed by atoms with Gasteiger partial charge < -0.3 is 27.4 Å². The number of carbonyl (C=O) groups excluding carboxylic acids is 1. The zero-order chi connectivity index (χ0) is 14.3. The van der Waals surface area contributed by atoms with Crippen LogP contribution in [0.4, 0.5) is 5.69 Å². The van der Waals surface area contributed by atoms with Crippen LogP contribution in [0.1, 0.15) is 6.92 Å². The Morgan fingerprint density at radius 3 is 2.45 bits per heavy atom. The third kappa shape index (κ3) is 5.39. The largest absolute Gasteiger partial charge is 1.00 e. The number of esters is 1.